The maximum absolute atomic E-state index is 13.0. The van der Waals surface area contributed by atoms with E-state index in [9.17, 15) is 14.4 Å². The van der Waals surface area contributed by atoms with Gasteiger partial charge in [0.25, 0.3) is 5.91 Å². The summed E-state index contributed by atoms with van der Waals surface area (Å²) in [6.45, 7) is 6.08. The predicted octanol–water partition coefficient (Wildman–Crippen LogP) is 3.27. The molecule has 11 heteroatoms. The molecule has 2 N–H and O–H groups in total. The third kappa shape index (κ3) is 4.96. The van der Waals surface area contributed by atoms with E-state index in [1.807, 2.05) is 13.0 Å². The molecule has 8 nitrogen and oxygen atoms in total. The molecule has 0 aliphatic carbocycles. The molecule has 1 aromatic carbocycles. The lowest BCUT2D eigenvalue weighted by Crippen LogP contribution is -2.49. The lowest BCUT2D eigenvalue weighted by atomic mass is 9.87. The Hall–Kier alpha value is -2.11. The Morgan fingerprint density at radius 1 is 1.20 bits per heavy atom. The van der Waals surface area contributed by atoms with E-state index in [-0.39, 0.29) is 5.75 Å². The minimum absolute atomic E-state index is 0.0189. The molecule has 1 aromatic heterocycles. The minimum atomic E-state index is -1.18. The number of imide groups is 1. The van der Waals surface area contributed by atoms with Crippen molar-refractivity contribution in [2.75, 3.05) is 11.5 Å². The van der Waals surface area contributed by atoms with E-state index >= 15 is 0 Å². The van der Waals surface area contributed by atoms with Crippen LogP contribution in [0.4, 0.5) is 4.79 Å². The molecular formula is C19H23N5O3S3. The van der Waals surface area contributed by atoms with Crippen molar-refractivity contribution in [3.63, 3.8) is 0 Å². The number of rotatable bonds is 9. The lowest BCUT2D eigenvalue weighted by Gasteiger charge is -2.25. The zero-order chi connectivity index (χ0) is 21.7. The number of amides is 4. The van der Waals surface area contributed by atoms with Crippen molar-refractivity contribution >= 4 is 52.7 Å². The Bertz CT molecular complexity index is 921. The third-order valence-corrected chi connectivity index (χ3v) is 8.00. The molecule has 2 heterocycles. The van der Waals surface area contributed by atoms with E-state index in [2.05, 4.69) is 34.8 Å². The summed E-state index contributed by atoms with van der Waals surface area (Å²) in [7, 11) is 0. The number of hydrogen-bond acceptors (Lipinski definition) is 8. The van der Waals surface area contributed by atoms with Gasteiger partial charge in [-0.25, -0.2) is 4.79 Å². The van der Waals surface area contributed by atoms with Crippen LogP contribution in [0, 0.1) is 5.92 Å². The molecule has 0 radical (unpaired) electrons. The summed E-state index contributed by atoms with van der Waals surface area (Å²) in [4.78, 5) is 37.8. The number of urea groups is 1. The van der Waals surface area contributed by atoms with E-state index in [1.165, 1.54) is 23.1 Å². The van der Waals surface area contributed by atoms with Crippen LogP contribution in [-0.2, 0) is 15.1 Å². The van der Waals surface area contributed by atoms with Gasteiger partial charge in [0.1, 0.15) is 5.54 Å². The summed E-state index contributed by atoms with van der Waals surface area (Å²) < 4.78 is 1.53. The summed E-state index contributed by atoms with van der Waals surface area (Å²) >= 11 is 4.28. The highest BCUT2D eigenvalue weighted by molar-refractivity contribution is 8.03. The average molecular weight is 466 g/mol. The van der Waals surface area contributed by atoms with Gasteiger partial charge in [0.05, 0.1) is 5.75 Å². The molecule has 1 fully saturated rings. The highest BCUT2D eigenvalue weighted by Gasteiger charge is 2.52. The van der Waals surface area contributed by atoms with Crippen LogP contribution in [0.25, 0.3) is 0 Å². The average Bonchev–Trinajstić information content (AvgIpc) is 3.29. The first-order chi connectivity index (χ1) is 14.4. The van der Waals surface area contributed by atoms with Crippen molar-refractivity contribution < 1.29 is 14.4 Å². The number of benzene rings is 1. The molecule has 3 rings (SSSR count). The standard InChI is InChI=1S/C19H23N5O3S3/c1-4-19(13-8-6-5-7-9-13)15(26)24(16(27)20-19)23-14(25)11-29-18-22-21-17(30-18)28-10-12(2)3/h5-9,12H,4,10-11H2,1-3H3,(H,20,27)(H,23,25). The number of hydrazine groups is 1. The first-order valence-corrected chi connectivity index (χ1v) is 12.2. The number of carbonyl (C=O) groups is 3. The molecule has 1 atom stereocenters. The number of thioether (sulfide) groups is 2. The van der Waals surface area contributed by atoms with Gasteiger partial charge in [-0.3, -0.25) is 15.0 Å². The Labute approximate surface area is 187 Å². The summed E-state index contributed by atoms with van der Waals surface area (Å²) in [6, 6.07) is 8.37. The number of hydrogen-bond donors (Lipinski definition) is 2. The van der Waals surface area contributed by atoms with Crippen LogP contribution in [0.2, 0.25) is 0 Å². The highest BCUT2D eigenvalue weighted by atomic mass is 32.2. The second-order valence-electron chi connectivity index (χ2n) is 7.06. The monoisotopic (exact) mass is 465 g/mol. The topological polar surface area (TPSA) is 104 Å². The molecule has 1 saturated heterocycles. The fourth-order valence-electron chi connectivity index (χ4n) is 2.87. The molecule has 4 amide bonds. The van der Waals surface area contributed by atoms with Gasteiger partial charge < -0.3 is 5.32 Å². The normalized spacial score (nSPS) is 18.7. The van der Waals surface area contributed by atoms with E-state index < -0.39 is 23.4 Å². The molecule has 0 saturated carbocycles. The zero-order valence-corrected chi connectivity index (χ0v) is 19.3. The first-order valence-electron chi connectivity index (χ1n) is 9.46. The lowest BCUT2D eigenvalue weighted by molar-refractivity contribution is -0.138. The third-order valence-electron chi connectivity index (χ3n) is 4.38. The minimum Gasteiger partial charge on any atom is -0.318 e. The van der Waals surface area contributed by atoms with Crippen molar-refractivity contribution in [1.82, 2.24) is 25.9 Å². The SMILES string of the molecule is CCC1(c2ccccc2)NC(=O)N(NC(=O)CSc2nnc(SCC(C)C)s2)C1=O. The second-order valence-corrected chi connectivity index (χ2v) is 10.5. The second kappa shape index (κ2) is 9.80. The number of aromatic nitrogens is 2. The van der Waals surface area contributed by atoms with E-state index in [0.29, 0.717) is 22.2 Å². The van der Waals surface area contributed by atoms with Crippen molar-refractivity contribution in [3.8, 4) is 0 Å². The van der Waals surface area contributed by atoms with Crippen molar-refractivity contribution in [2.45, 2.75) is 41.4 Å². The van der Waals surface area contributed by atoms with Crippen LogP contribution in [0.15, 0.2) is 39.0 Å². The zero-order valence-electron chi connectivity index (χ0n) is 16.9. The van der Waals surface area contributed by atoms with Crippen LogP contribution < -0.4 is 10.7 Å². The summed E-state index contributed by atoms with van der Waals surface area (Å²) in [5.74, 6) is 0.561. The molecule has 160 valence electrons. The molecule has 30 heavy (non-hydrogen) atoms. The predicted molar refractivity (Wildman–Crippen MR) is 118 cm³/mol. The van der Waals surface area contributed by atoms with Crippen LogP contribution in [-0.4, -0.2) is 44.6 Å². The molecule has 1 aliphatic rings. The van der Waals surface area contributed by atoms with Crippen LogP contribution >= 0.6 is 34.9 Å². The molecule has 1 aliphatic heterocycles. The summed E-state index contributed by atoms with van der Waals surface area (Å²) in [5, 5.41) is 11.7. The van der Waals surface area contributed by atoms with Crippen LogP contribution in [0.1, 0.15) is 32.8 Å². The molecule has 2 aromatic rings. The van der Waals surface area contributed by atoms with Crippen molar-refractivity contribution in [2.24, 2.45) is 5.92 Å². The van der Waals surface area contributed by atoms with Gasteiger partial charge in [-0.05, 0) is 17.9 Å². The number of carbonyl (C=O) groups excluding carboxylic acids is 3. The van der Waals surface area contributed by atoms with Gasteiger partial charge in [-0.2, -0.15) is 5.01 Å². The quantitative estimate of drug-likeness (QED) is 0.433. The van der Waals surface area contributed by atoms with Crippen molar-refractivity contribution in [1.29, 1.82) is 0 Å². The fraction of sp³-hybridized carbons (Fsp3) is 0.421. The van der Waals surface area contributed by atoms with Crippen LogP contribution in [0.3, 0.4) is 0 Å². The fourth-order valence-corrected chi connectivity index (χ4v) is 5.66. The Kier molecular flexibility index (Phi) is 7.37. The van der Waals surface area contributed by atoms with Gasteiger partial charge >= 0.3 is 6.03 Å². The molecule has 1 unspecified atom stereocenters. The number of nitrogens with one attached hydrogen (secondary N) is 2. The van der Waals surface area contributed by atoms with Gasteiger partial charge in [0.2, 0.25) is 5.91 Å². The van der Waals surface area contributed by atoms with Gasteiger partial charge in [-0.1, -0.05) is 86.0 Å². The molecular weight excluding hydrogens is 442 g/mol. The van der Waals surface area contributed by atoms with E-state index in [4.69, 9.17) is 0 Å². The Morgan fingerprint density at radius 2 is 1.87 bits per heavy atom. The smallest absolute Gasteiger partial charge is 0.318 e. The van der Waals surface area contributed by atoms with E-state index in [0.717, 1.165) is 15.1 Å². The molecule has 0 bridgehead atoms. The Balaban J connectivity index is 1.59. The van der Waals surface area contributed by atoms with Gasteiger partial charge in [0, 0.05) is 5.75 Å². The van der Waals surface area contributed by atoms with Gasteiger partial charge in [0.15, 0.2) is 8.68 Å². The number of nitrogens with zero attached hydrogens (tertiary/aromatic N) is 3. The van der Waals surface area contributed by atoms with Crippen LogP contribution in [0.5, 0.6) is 0 Å². The Morgan fingerprint density at radius 3 is 2.50 bits per heavy atom. The highest BCUT2D eigenvalue weighted by Crippen LogP contribution is 2.32. The maximum atomic E-state index is 13.0. The van der Waals surface area contributed by atoms with Gasteiger partial charge in [-0.15, -0.1) is 10.2 Å². The largest absolute Gasteiger partial charge is 0.344 e. The summed E-state index contributed by atoms with van der Waals surface area (Å²) in [5.41, 5.74) is 1.92. The van der Waals surface area contributed by atoms with Crippen molar-refractivity contribution in [3.05, 3.63) is 35.9 Å². The first kappa shape index (κ1) is 22.6. The van der Waals surface area contributed by atoms with E-state index in [1.54, 1.807) is 36.0 Å². The summed E-state index contributed by atoms with van der Waals surface area (Å²) in [6.07, 6.45) is 0.365. The molecule has 0 spiro atoms. The maximum Gasteiger partial charge on any atom is 0.344 e.